The fourth-order valence-corrected chi connectivity index (χ4v) is 5.20. The Hall–Kier alpha value is -2.23. The summed E-state index contributed by atoms with van der Waals surface area (Å²) in [6.45, 7) is 1.49. The smallest absolute Gasteiger partial charge is 0.238 e. The van der Waals surface area contributed by atoms with E-state index in [2.05, 4.69) is 12.2 Å². The monoisotopic (exact) mass is 307 g/mol. The summed E-state index contributed by atoms with van der Waals surface area (Å²) in [6.07, 6.45) is 6.62. The molecule has 116 valence electrons. The number of carbonyl (C=O) groups excluding carboxylic acids is 3. The Bertz CT molecular complexity index is 771. The summed E-state index contributed by atoms with van der Waals surface area (Å²) >= 11 is 0. The van der Waals surface area contributed by atoms with Crippen LogP contribution in [0.4, 0.5) is 5.69 Å². The number of fused-ring (bicyclic) bond motifs is 3. The Morgan fingerprint density at radius 3 is 2.22 bits per heavy atom. The van der Waals surface area contributed by atoms with E-state index in [1.54, 1.807) is 24.3 Å². The number of hydrogen-bond donors (Lipinski definition) is 0. The zero-order valence-electron chi connectivity index (χ0n) is 12.9. The van der Waals surface area contributed by atoms with Crippen LogP contribution in [0, 0.1) is 29.1 Å². The molecule has 3 aliphatic carbocycles. The van der Waals surface area contributed by atoms with Gasteiger partial charge < -0.3 is 0 Å². The van der Waals surface area contributed by atoms with E-state index in [0.29, 0.717) is 11.3 Å². The van der Waals surface area contributed by atoms with Crippen LogP contribution in [0.2, 0.25) is 0 Å². The Morgan fingerprint density at radius 2 is 1.70 bits per heavy atom. The molecule has 1 aromatic carbocycles. The molecule has 4 atom stereocenters. The second kappa shape index (κ2) is 3.99. The Kier molecular flexibility index (Phi) is 2.30. The zero-order chi connectivity index (χ0) is 15.9. The van der Waals surface area contributed by atoms with Gasteiger partial charge in [-0.1, -0.05) is 24.3 Å². The summed E-state index contributed by atoms with van der Waals surface area (Å²) in [7, 11) is 0. The van der Waals surface area contributed by atoms with E-state index in [0.717, 1.165) is 12.8 Å². The molecule has 1 spiro atoms. The predicted octanol–water partition coefficient (Wildman–Crippen LogP) is 2.59. The third-order valence-corrected chi connectivity index (χ3v) is 6.36. The van der Waals surface area contributed by atoms with Gasteiger partial charge in [0.25, 0.3) is 0 Å². The number of benzene rings is 1. The van der Waals surface area contributed by atoms with Crippen LogP contribution < -0.4 is 4.90 Å². The number of anilines is 1. The minimum Gasteiger partial charge on any atom is -0.295 e. The Balaban J connectivity index is 1.56. The first-order chi connectivity index (χ1) is 11.0. The summed E-state index contributed by atoms with van der Waals surface area (Å²) in [4.78, 5) is 38.8. The molecule has 23 heavy (non-hydrogen) atoms. The minimum absolute atomic E-state index is 0.0650. The van der Waals surface area contributed by atoms with Gasteiger partial charge in [0.05, 0.1) is 17.5 Å². The third-order valence-electron chi connectivity index (χ3n) is 6.36. The van der Waals surface area contributed by atoms with E-state index < -0.39 is 0 Å². The summed E-state index contributed by atoms with van der Waals surface area (Å²) < 4.78 is 0. The molecular formula is C19H17NO3. The fraction of sp³-hybridized carbons (Fsp3) is 0.421. The Morgan fingerprint density at radius 1 is 1.09 bits per heavy atom. The number of nitrogens with zero attached hydrogens (tertiary/aromatic N) is 1. The van der Waals surface area contributed by atoms with Crippen molar-refractivity contribution in [1.82, 2.24) is 0 Å². The molecule has 1 saturated heterocycles. The number of ketones is 1. The zero-order valence-corrected chi connectivity index (χ0v) is 12.9. The molecule has 0 N–H and O–H groups in total. The molecule has 4 nitrogen and oxygen atoms in total. The van der Waals surface area contributed by atoms with E-state index >= 15 is 0 Å². The van der Waals surface area contributed by atoms with Crippen LogP contribution >= 0.6 is 0 Å². The molecule has 1 aliphatic heterocycles. The highest BCUT2D eigenvalue weighted by atomic mass is 16.2. The first kappa shape index (κ1) is 13.2. The van der Waals surface area contributed by atoms with Crippen molar-refractivity contribution >= 4 is 23.3 Å². The van der Waals surface area contributed by atoms with E-state index in [1.807, 2.05) is 0 Å². The topological polar surface area (TPSA) is 54.5 Å². The van der Waals surface area contributed by atoms with Gasteiger partial charge >= 0.3 is 0 Å². The molecule has 4 heteroatoms. The molecular weight excluding hydrogens is 290 g/mol. The van der Waals surface area contributed by atoms with E-state index in [-0.39, 0.29) is 46.7 Å². The highest BCUT2D eigenvalue weighted by Gasteiger charge is 2.73. The number of imide groups is 1. The highest BCUT2D eigenvalue weighted by Crippen LogP contribution is 2.73. The van der Waals surface area contributed by atoms with Gasteiger partial charge in [-0.3, -0.25) is 14.4 Å². The van der Waals surface area contributed by atoms with E-state index in [9.17, 15) is 14.4 Å². The fourth-order valence-electron chi connectivity index (χ4n) is 5.20. The van der Waals surface area contributed by atoms with Gasteiger partial charge in [0.2, 0.25) is 11.8 Å². The number of amides is 2. The Labute approximate surface area is 134 Å². The van der Waals surface area contributed by atoms with E-state index in [4.69, 9.17) is 0 Å². The SMILES string of the molecule is CC(=O)c1cccc(N2C(=O)[C@@H]3[C@H](C2=O)[C@H]2C=C[C@H]3C23CC3)c1. The molecule has 1 heterocycles. The van der Waals surface area contributed by atoms with Gasteiger partial charge in [-0.15, -0.1) is 0 Å². The molecule has 2 bridgehead atoms. The van der Waals surface area contributed by atoms with Crippen LogP contribution in [-0.4, -0.2) is 17.6 Å². The minimum atomic E-state index is -0.194. The van der Waals surface area contributed by atoms with Crippen molar-refractivity contribution in [2.75, 3.05) is 4.90 Å². The summed E-state index contributed by atoms with van der Waals surface area (Å²) in [5.41, 5.74) is 1.28. The standard InChI is InChI=1S/C19H17NO3/c1-10(21)11-3-2-4-12(9-11)20-17(22)15-13-5-6-14(16(15)18(20)23)19(13)7-8-19/h2-6,9,13-16H,7-8H2,1H3/t13-,14-,15-,16+/m1/s1. The van der Waals surface area contributed by atoms with Crippen LogP contribution in [-0.2, 0) is 9.59 Å². The van der Waals surface area contributed by atoms with Crippen molar-refractivity contribution in [3.05, 3.63) is 42.0 Å². The summed E-state index contributed by atoms with van der Waals surface area (Å²) in [5, 5.41) is 0. The molecule has 5 rings (SSSR count). The molecule has 2 amide bonds. The quantitative estimate of drug-likeness (QED) is 0.479. The second-order valence-corrected chi connectivity index (χ2v) is 7.34. The van der Waals surface area contributed by atoms with Crippen LogP contribution in [0.15, 0.2) is 36.4 Å². The lowest BCUT2D eigenvalue weighted by Crippen LogP contribution is -2.34. The maximum Gasteiger partial charge on any atom is 0.238 e. The van der Waals surface area contributed by atoms with Crippen molar-refractivity contribution in [2.45, 2.75) is 19.8 Å². The molecule has 3 fully saturated rings. The normalized spacial score (nSPS) is 35.3. The maximum absolute atomic E-state index is 13.0. The average molecular weight is 307 g/mol. The van der Waals surface area contributed by atoms with Crippen LogP contribution in [0.1, 0.15) is 30.1 Å². The molecule has 0 radical (unpaired) electrons. The third kappa shape index (κ3) is 1.44. The van der Waals surface area contributed by atoms with Gasteiger partial charge in [-0.2, -0.15) is 0 Å². The van der Waals surface area contributed by atoms with Crippen LogP contribution in [0.25, 0.3) is 0 Å². The number of carbonyl (C=O) groups is 3. The van der Waals surface area contributed by atoms with Crippen LogP contribution in [0.3, 0.4) is 0 Å². The van der Waals surface area contributed by atoms with Gasteiger partial charge in [0.15, 0.2) is 5.78 Å². The van der Waals surface area contributed by atoms with Crippen molar-refractivity contribution in [3.8, 4) is 0 Å². The number of rotatable bonds is 2. The maximum atomic E-state index is 13.0. The molecule has 1 aromatic rings. The van der Waals surface area contributed by atoms with Gasteiger partial charge in [0, 0.05) is 5.56 Å². The van der Waals surface area contributed by atoms with Gasteiger partial charge in [0.1, 0.15) is 0 Å². The van der Waals surface area contributed by atoms with Gasteiger partial charge in [-0.25, -0.2) is 4.90 Å². The number of hydrogen-bond acceptors (Lipinski definition) is 3. The molecule has 0 aromatic heterocycles. The molecule has 4 aliphatic rings. The lowest BCUT2D eigenvalue weighted by atomic mass is 9.85. The molecule has 2 saturated carbocycles. The van der Waals surface area contributed by atoms with Gasteiger partial charge in [-0.05, 0) is 49.1 Å². The van der Waals surface area contributed by atoms with Crippen molar-refractivity contribution in [2.24, 2.45) is 29.1 Å². The van der Waals surface area contributed by atoms with Crippen molar-refractivity contribution < 1.29 is 14.4 Å². The van der Waals surface area contributed by atoms with Crippen molar-refractivity contribution in [3.63, 3.8) is 0 Å². The summed E-state index contributed by atoms with van der Waals surface area (Å²) in [5.74, 6) is -0.149. The predicted molar refractivity (Wildman–Crippen MR) is 83.7 cm³/mol. The van der Waals surface area contributed by atoms with Crippen molar-refractivity contribution in [1.29, 1.82) is 0 Å². The summed E-state index contributed by atoms with van der Waals surface area (Å²) in [6, 6.07) is 6.84. The van der Waals surface area contributed by atoms with E-state index in [1.165, 1.54) is 11.8 Å². The average Bonchev–Trinajstić information content (AvgIpc) is 3.13. The number of Topliss-reactive ketones (excluding diaryl/α,β-unsaturated/α-hetero) is 1. The van der Waals surface area contributed by atoms with Crippen LogP contribution in [0.5, 0.6) is 0 Å². The highest BCUT2D eigenvalue weighted by molar-refractivity contribution is 6.23. The first-order valence-corrected chi connectivity index (χ1v) is 8.22. The second-order valence-electron chi connectivity index (χ2n) is 7.34. The number of allylic oxidation sites excluding steroid dienone is 2. The lowest BCUT2D eigenvalue weighted by Gasteiger charge is -2.22. The first-order valence-electron chi connectivity index (χ1n) is 8.22. The largest absolute Gasteiger partial charge is 0.295 e. The lowest BCUT2D eigenvalue weighted by molar-refractivity contribution is -0.123. The molecule has 0 unspecified atom stereocenters.